The molecular weight excluding hydrogens is 620 g/mol. The van der Waals surface area contributed by atoms with Crippen LogP contribution in [0.15, 0.2) is 92.3 Å². The molecular formula is C32H29BrN2O6S. The molecule has 216 valence electrons. The number of carbonyl (C=O) groups excluding carboxylic acids is 1. The predicted octanol–water partition coefficient (Wildman–Crippen LogP) is 5.16. The summed E-state index contributed by atoms with van der Waals surface area (Å²) in [4.78, 5) is 32.2. The smallest absolute Gasteiger partial charge is 0.338 e. The lowest BCUT2D eigenvalue weighted by Gasteiger charge is -2.25. The Hall–Kier alpha value is -4.15. The predicted molar refractivity (Wildman–Crippen MR) is 165 cm³/mol. The van der Waals surface area contributed by atoms with Gasteiger partial charge in [-0.2, -0.15) is 0 Å². The quantitative estimate of drug-likeness (QED) is 0.233. The third kappa shape index (κ3) is 5.91. The number of para-hydroxylation sites is 1. The monoisotopic (exact) mass is 648 g/mol. The summed E-state index contributed by atoms with van der Waals surface area (Å²) in [5, 5.41) is 0. The van der Waals surface area contributed by atoms with Gasteiger partial charge in [0, 0.05) is 10.0 Å². The highest BCUT2D eigenvalue weighted by atomic mass is 79.9. The van der Waals surface area contributed by atoms with Gasteiger partial charge in [-0.05, 0) is 61.4 Å². The third-order valence-electron chi connectivity index (χ3n) is 6.74. The number of hydrogen-bond donors (Lipinski definition) is 0. The molecule has 1 aliphatic rings. The van der Waals surface area contributed by atoms with Crippen LogP contribution in [0.1, 0.15) is 36.6 Å². The first-order chi connectivity index (χ1) is 20.3. The number of aromatic nitrogens is 1. The van der Waals surface area contributed by atoms with Gasteiger partial charge in [-0.15, -0.1) is 0 Å². The van der Waals surface area contributed by atoms with Crippen LogP contribution < -0.4 is 29.1 Å². The lowest BCUT2D eigenvalue weighted by Crippen LogP contribution is -2.40. The van der Waals surface area contributed by atoms with Crippen LogP contribution in [-0.4, -0.2) is 31.4 Å². The first-order valence-electron chi connectivity index (χ1n) is 13.2. The van der Waals surface area contributed by atoms with Crippen molar-refractivity contribution in [1.82, 2.24) is 4.57 Å². The number of halogens is 1. The van der Waals surface area contributed by atoms with E-state index in [1.165, 1.54) is 11.3 Å². The minimum absolute atomic E-state index is 0.198. The molecule has 0 radical (unpaired) electrons. The fourth-order valence-electron chi connectivity index (χ4n) is 4.76. The highest BCUT2D eigenvalue weighted by Gasteiger charge is 2.34. The van der Waals surface area contributed by atoms with E-state index < -0.39 is 12.0 Å². The maximum atomic E-state index is 13.9. The highest BCUT2D eigenvalue weighted by molar-refractivity contribution is 9.10. The van der Waals surface area contributed by atoms with E-state index in [2.05, 4.69) is 20.9 Å². The zero-order valence-electron chi connectivity index (χ0n) is 23.5. The van der Waals surface area contributed by atoms with Crippen molar-refractivity contribution in [2.45, 2.75) is 26.5 Å². The fraction of sp³-hybridized carbons (Fsp3) is 0.219. The molecule has 1 aliphatic heterocycles. The van der Waals surface area contributed by atoms with Crippen molar-refractivity contribution in [2.24, 2.45) is 4.99 Å². The van der Waals surface area contributed by atoms with E-state index in [1.807, 2.05) is 60.7 Å². The molecule has 3 aromatic carbocycles. The standard InChI is InChI=1S/C32H29BrN2O6S/c1-5-40-31(37)28-19(2)34-32-35(29(28)23-8-6-7-9-24(23)38-3)30(36)27(42-32)17-21-12-15-25(26(16-21)39-4)41-18-20-10-13-22(33)14-11-20/h6-17,29H,5,18H2,1-4H3/b27-17+/t29-/m0/s1. The Balaban J connectivity index is 1.56. The molecule has 0 unspecified atom stereocenters. The van der Waals surface area contributed by atoms with E-state index in [-0.39, 0.29) is 12.2 Å². The molecule has 0 fully saturated rings. The Morgan fingerprint density at radius 3 is 2.48 bits per heavy atom. The van der Waals surface area contributed by atoms with Crippen LogP contribution in [0.2, 0.25) is 0 Å². The summed E-state index contributed by atoms with van der Waals surface area (Å²) >= 11 is 4.69. The zero-order valence-corrected chi connectivity index (χ0v) is 26.0. The number of allylic oxidation sites excluding steroid dienone is 1. The van der Waals surface area contributed by atoms with Gasteiger partial charge in [0.25, 0.3) is 5.56 Å². The topological polar surface area (TPSA) is 88.4 Å². The second kappa shape index (κ2) is 12.8. The summed E-state index contributed by atoms with van der Waals surface area (Å²) in [7, 11) is 3.13. The molecule has 1 aromatic heterocycles. The second-order valence-electron chi connectivity index (χ2n) is 9.37. The van der Waals surface area contributed by atoms with E-state index in [0.29, 0.717) is 50.0 Å². The number of esters is 1. The molecule has 0 aliphatic carbocycles. The van der Waals surface area contributed by atoms with Gasteiger partial charge in [-0.3, -0.25) is 9.36 Å². The number of benzene rings is 3. The molecule has 0 N–H and O–H groups in total. The van der Waals surface area contributed by atoms with Crippen LogP contribution in [0.3, 0.4) is 0 Å². The number of nitrogens with zero attached hydrogens (tertiary/aromatic N) is 2. The second-order valence-corrected chi connectivity index (χ2v) is 11.3. The van der Waals surface area contributed by atoms with Crippen molar-refractivity contribution >= 4 is 39.3 Å². The van der Waals surface area contributed by atoms with Crippen molar-refractivity contribution in [3.05, 3.63) is 119 Å². The molecule has 4 aromatic rings. The molecule has 0 bridgehead atoms. The summed E-state index contributed by atoms with van der Waals surface area (Å²) in [5.41, 5.74) is 2.95. The molecule has 5 rings (SSSR count). The Morgan fingerprint density at radius 2 is 1.76 bits per heavy atom. The lowest BCUT2D eigenvalue weighted by atomic mass is 9.95. The van der Waals surface area contributed by atoms with Gasteiger partial charge < -0.3 is 18.9 Å². The zero-order chi connectivity index (χ0) is 29.8. The van der Waals surface area contributed by atoms with Crippen molar-refractivity contribution in [3.63, 3.8) is 0 Å². The van der Waals surface area contributed by atoms with Crippen LogP contribution in [0.4, 0.5) is 0 Å². The number of fused-ring (bicyclic) bond motifs is 1. The number of carbonyl (C=O) groups is 1. The first-order valence-corrected chi connectivity index (χ1v) is 14.8. The summed E-state index contributed by atoms with van der Waals surface area (Å²) in [6, 6.07) is 20.0. The van der Waals surface area contributed by atoms with Crippen LogP contribution in [0, 0.1) is 0 Å². The normalized spacial score (nSPS) is 14.7. The molecule has 0 spiro atoms. The molecule has 0 amide bonds. The maximum Gasteiger partial charge on any atom is 0.338 e. The maximum absolute atomic E-state index is 13.9. The highest BCUT2D eigenvalue weighted by Crippen LogP contribution is 2.35. The van der Waals surface area contributed by atoms with Crippen LogP contribution in [0.25, 0.3) is 6.08 Å². The van der Waals surface area contributed by atoms with E-state index in [4.69, 9.17) is 18.9 Å². The van der Waals surface area contributed by atoms with Gasteiger partial charge in [0.1, 0.15) is 18.4 Å². The lowest BCUT2D eigenvalue weighted by molar-refractivity contribution is -0.139. The van der Waals surface area contributed by atoms with E-state index >= 15 is 0 Å². The summed E-state index contributed by atoms with van der Waals surface area (Å²) in [6.45, 7) is 4.08. The summed E-state index contributed by atoms with van der Waals surface area (Å²) < 4.78 is 25.6. The van der Waals surface area contributed by atoms with Gasteiger partial charge in [0.2, 0.25) is 0 Å². The Morgan fingerprint density at radius 1 is 1.02 bits per heavy atom. The number of hydrogen-bond acceptors (Lipinski definition) is 8. The van der Waals surface area contributed by atoms with Gasteiger partial charge in [0.15, 0.2) is 16.3 Å². The Bertz CT molecular complexity index is 1840. The summed E-state index contributed by atoms with van der Waals surface area (Å²) in [6.07, 6.45) is 1.79. The average molecular weight is 650 g/mol. The third-order valence-corrected chi connectivity index (χ3v) is 8.26. The largest absolute Gasteiger partial charge is 0.496 e. The molecule has 0 saturated carbocycles. The van der Waals surface area contributed by atoms with Gasteiger partial charge >= 0.3 is 5.97 Å². The van der Waals surface area contributed by atoms with Crippen molar-refractivity contribution in [2.75, 3.05) is 20.8 Å². The Kier molecular flexibility index (Phi) is 8.94. The number of thiazole rings is 1. The van der Waals surface area contributed by atoms with Gasteiger partial charge in [-0.1, -0.05) is 63.7 Å². The number of methoxy groups -OCH3 is 2. The van der Waals surface area contributed by atoms with Crippen molar-refractivity contribution in [3.8, 4) is 17.2 Å². The van der Waals surface area contributed by atoms with Crippen molar-refractivity contribution < 1.29 is 23.7 Å². The van der Waals surface area contributed by atoms with Crippen LogP contribution in [-0.2, 0) is 16.1 Å². The van der Waals surface area contributed by atoms with E-state index in [1.54, 1.807) is 44.8 Å². The number of ether oxygens (including phenoxy) is 4. The first kappa shape index (κ1) is 29.3. The molecule has 8 nitrogen and oxygen atoms in total. The van der Waals surface area contributed by atoms with Crippen LogP contribution >= 0.6 is 27.3 Å². The van der Waals surface area contributed by atoms with E-state index in [9.17, 15) is 9.59 Å². The SMILES string of the molecule is CCOC(=O)C1=C(C)N=c2s/c(=C/c3ccc(OCc4ccc(Br)cc4)c(OC)c3)c(=O)n2[C@H]1c1ccccc1OC. The van der Waals surface area contributed by atoms with Crippen LogP contribution in [0.5, 0.6) is 17.2 Å². The molecule has 0 saturated heterocycles. The van der Waals surface area contributed by atoms with Crippen molar-refractivity contribution in [1.29, 1.82) is 0 Å². The molecule has 2 heterocycles. The average Bonchev–Trinajstić information content (AvgIpc) is 3.30. The molecule has 42 heavy (non-hydrogen) atoms. The molecule has 10 heteroatoms. The van der Waals surface area contributed by atoms with Gasteiger partial charge in [-0.25, -0.2) is 9.79 Å². The molecule has 1 atom stereocenters. The minimum Gasteiger partial charge on any atom is -0.496 e. The fourth-order valence-corrected chi connectivity index (χ4v) is 6.08. The number of rotatable bonds is 9. The van der Waals surface area contributed by atoms with E-state index in [0.717, 1.165) is 15.6 Å². The summed E-state index contributed by atoms with van der Waals surface area (Å²) in [5.74, 6) is 1.16. The minimum atomic E-state index is -0.762. The van der Waals surface area contributed by atoms with Gasteiger partial charge in [0.05, 0.1) is 36.6 Å². The Labute approximate surface area is 255 Å².